The van der Waals surface area contributed by atoms with Gasteiger partial charge in [0.1, 0.15) is 11.5 Å². The van der Waals surface area contributed by atoms with Crippen LogP contribution in [0.5, 0.6) is 11.5 Å². The molecule has 0 saturated carbocycles. The van der Waals surface area contributed by atoms with Crippen molar-refractivity contribution < 1.29 is 25.8 Å². The van der Waals surface area contributed by atoms with Gasteiger partial charge in [-0.1, -0.05) is 103 Å². The summed E-state index contributed by atoms with van der Waals surface area (Å²) in [7, 11) is 0. The number of hydrogen-bond acceptors (Lipinski definition) is 3. The number of nitrogens with zero attached hydrogens (tertiary/aromatic N) is 5. The molecule has 0 saturated heterocycles. The molecule has 7 heteroatoms. The second-order valence-electron chi connectivity index (χ2n) is 14.1. The first kappa shape index (κ1) is 34.9. The normalized spacial score (nSPS) is 11.7. The Morgan fingerprint density at radius 1 is 0.780 bits per heavy atom. The molecule has 3 heterocycles. The van der Waals surface area contributed by atoms with Gasteiger partial charge in [-0.25, -0.2) is 4.98 Å². The fraction of sp³-hybridized carbons (Fsp3) is 0.233. The Morgan fingerprint density at radius 3 is 2.22 bits per heavy atom. The molecule has 0 N–H and O–H groups in total. The van der Waals surface area contributed by atoms with Gasteiger partial charge in [0.25, 0.3) is 0 Å². The van der Waals surface area contributed by atoms with Crippen molar-refractivity contribution in [2.45, 2.75) is 65.7 Å². The Bertz CT molecular complexity index is 2360. The average Bonchev–Trinajstić information content (AvgIpc) is 3.70. The van der Waals surface area contributed by atoms with Gasteiger partial charge in [0, 0.05) is 41.3 Å². The van der Waals surface area contributed by atoms with Crippen LogP contribution in [-0.4, -0.2) is 19.1 Å². The van der Waals surface area contributed by atoms with Gasteiger partial charge < -0.3 is 13.9 Å². The monoisotopic (exact) mass is 836 g/mol. The van der Waals surface area contributed by atoms with E-state index in [-0.39, 0.29) is 26.5 Å². The van der Waals surface area contributed by atoms with Crippen LogP contribution in [-0.2, 0) is 26.5 Å². The second-order valence-corrected chi connectivity index (χ2v) is 14.1. The van der Waals surface area contributed by atoms with Crippen LogP contribution in [0.4, 0.5) is 5.69 Å². The smallest absolute Gasteiger partial charge is 0.504 e. The summed E-state index contributed by atoms with van der Waals surface area (Å²) in [4.78, 5) is 13.4. The SMILES string of the molecule is [C-]#[N+]c1cc(Oc2[c-]c3c(cc2)c2ccccc2n3-c2cc(C(C)(C)C)ccn2)[c-]c(-c2nccn2-c2c(C(C)C)cccc2C(C)C)c1.[Pt+2]. The molecule has 0 unspecified atom stereocenters. The van der Waals surface area contributed by atoms with E-state index in [9.17, 15) is 0 Å². The zero-order chi connectivity index (χ0) is 34.4. The topological polar surface area (TPSA) is 49.2 Å². The maximum absolute atomic E-state index is 7.91. The number of rotatable bonds is 7. The average molecular weight is 837 g/mol. The van der Waals surface area contributed by atoms with E-state index in [1.165, 1.54) is 16.7 Å². The number of para-hydroxylation sites is 2. The first-order valence-electron chi connectivity index (χ1n) is 16.8. The van der Waals surface area contributed by atoms with E-state index in [0.717, 1.165) is 33.3 Å². The minimum atomic E-state index is -0.0299. The van der Waals surface area contributed by atoms with Crippen molar-refractivity contribution in [1.82, 2.24) is 19.1 Å². The number of ether oxygens (including phenoxy) is 1. The Hall–Kier alpha value is -4.98. The molecule has 0 aliphatic heterocycles. The van der Waals surface area contributed by atoms with E-state index in [2.05, 4.69) is 129 Å². The van der Waals surface area contributed by atoms with E-state index in [0.29, 0.717) is 40.4 Å². The molecule has 6 nitrogen and oxygen atoms in total. The minimum Gasteiger partial charge on any atom is -0.504 e. The van der Waals surface area contributed by atoms with Crippen molar-refractivity contribution in [2.24, 2.45) is 0 Å². The molecule has 0 aliphatic rings. The van der Waals surface area contributed by atoms with Gasteiger partial charge in [-0.15, -0.1) is 29.1 Å². The van der Waals surface area contributed by atoms with Crippen LogP contribution in [0.3, 0.4) is 0 Å². The summed E-state index contributed by atoms with van der Waals surface area (Å²) in [6, 6.07) is 33.6. The number of imidazole rings is 1. The molecular weight excluding hydrogens is 798 g/mol. The van der Waals surface area contributed by atoms with Crippen molar-refractivity contribution >= 4 is 27.5 Å². The van der Waals surface area contributed by atoms with Crippen LogP contribution in [0, 0.1) is 18.7 Å². The molecule has 0 spiro atoms. The van der Waals surface area contributed by atoms with Crippen LogP contribution in [0.1, 0.15) is 77.0 Å². The first-order valence-corrected chi connectivity index (χ1v) is 16.8. The van der Waals surface area contributed by atoms with Crippen LogP contribution >= 0.6 is 0 Å². The van der Waals surface area contributed by atoms with Crippen LogP contribution in [0.25, 0.3) is 49.5 Å². The molecule has 3 aromatic heterocycles. The fourth-order valence-corrected chi connectivity index (χ4v) is 6.54. The number of fused-ring (bicyclic) bond motifs is 3. The van der Waals surface area contributed by atoms with E-state index in [1.54, 1.807) is 12.3 Å². The second kappa shape index (κ2) is 13.7. The molecule has 0 amide bonds. The molecule has 0 radical (unpaired) electrons. The van der Waals surface area contributed by atoms with Gasteiger partial charge in [0.2, 0.25) is 0 Å². The standard InChI is InChI=1S/C43H39N5O.Pt/c1-27(2)34-13-11-14-35(28(3)4)41(34)47-21-20-46-42(47)29-22-31(44-8)25-33(23-29)49-32-16-17-37-36-12-9-10-15-38(36)48(39(37)26-32)40-24-30(18-19-45-40)43(5,6)7;/h9-22,24-25,27-28H,1-7H3;/q-2;+2. The third-order valence-electron chi connectivity index (χ3n) is 9.04. The Balaban J connectivity index is 0.00000432. The van der Waals surface area contributed by atoms with Crippen LogP contribution < -0.4 is 4.74 Å². The van der Waals surface area contributed by atoms with E-state index >= 15 is 0 Å². The number of pyridine rings is 1. The van der Waals surface area contributed by atoms with Gasteiger partial charge in [-0.05, 0) is 57.5 Å². The van der Waals surface area contributed by atoms with Gasteiger partial charge in [-0.3, -0.25) is 9.83 Å². The van der Waals surface area contributed by atoms with E-state index in [1.807, 2.05) is 30.6 Å². The van der Waals surface area contributed by atoms with Crippen molar-refractivity contribution in [2.75, 3.05) is 0 Å². The summed E-state index contributed by atoms with van der Waals surface area (Å²) in [5.74, 6) is 3.09. The molecule has 0 atom stereocenters. The Labute approximate surface area is 308 Å². The molecule has 0 fully saturated rings. The third-order valence-corrected chi connectivity index (χ3v) is 9.04. The molecule has 7 rings (SSSR count). The quantitative estimate of drug-likeness (QED) is 0.150. The molecular formula is C43H39N5OPt. The maximum atomic E-state index is 7.91. The predicted octanol–water partition coefficient (Wildman–Crippen LogP) is 11.5. The number of aromatic nitrogens is 4. The Kier molecular flexibility index (Phi) is 9.58. The zero-order valence-corrected chi connectivity index (χ0v) is 31.6. The minimum absolute atomic E-state index is 0. The summed E-state index contributed by atoms with van der Waals surface area (Å²) < 4.78 is 10.8. The number of benzene rings is 4. The molecule has 0 bridgehead atoms. The van der Waals surface area contributed by atoms with Gasteiger partial charge in [0.15, 0.2) is 0 Å². The van der Waals surface area contributed by atoms with Gasteiger partial charge >= 0.3 is 21.1 Å². The van der Waals surface area contributed by atoms with E-state index in [4.69, 9.17) is 21.3 Å². The first-order chi connectivity index (χ1) is 23.5. The van der Waals surface area contributed by atoms with Gasteiger partial charge in [0.05, 0.1) is 12.4 Å². The van der Waals surface area contributed by atoms with Crippen molar-refractivity contribution in [3.8, 4) is 34.4 Å². The van der Waals surface area contributed by atoms with Gasteiger partial charge in [-0.2, -0.15) is 6.07 Å². The van der Waals surface area contributed by atoms with Crippen molar-refractivity contribution in [1.29, 1.82) is 0 Å². The Morgan fingerprint density at radius 2 is 1.52 bits per heavy atom. The van der Waals surface area contributed by atoms with Crippen LogP contribution in [0.2, 0.25) is 0 Å². The summed E-state index contributed by atoms with van der Waals surface area (Å²) >= 11 is 0. The van der Waals surface area contributed by atoms with Crippen molar-refractivity contribution in [3.05, 3.63) is 138 Å². The van der Waals surface area contributed by atoms with Crippen molar-refractivity contribution in [3.63, 3.8) is 0 Å². The number of hydrogen-bond donors (Lipinski definition) is 0. The fourth-order valence-electron chi connectivity index (χ4n) is 6.54. The summed E-state index contributed by atoms with van der Waals surface area (Å²) in [6.45, 7) is 23.4. The largest absolute Gasteiger partial charge is 2.00 e. The predicted molar refractivity (Wildman–Crippen MR) is 198 cm³/mol. The van der Waals surface area contributed by atoms with E-state index < -0.39 is 0 Å². The van der Waals surface area contributed by atoms with Crippen LogP contribution in [0.15, 0.2) is 97.5 Å². The molecule has 4 aromatic carbocycles. The molecule has 50 heavy (non-hydrogen) atoms. The summed E-state index contributed by atoms with van der Waals surface area (Å²) in [5, 5.41) is 2.17. The molecule has 7 aromatic rings. The molecule has 0 aliphatic carbocycles. The summed E-state index contributed by atoms with van der Waals surface area (Å²) in [6.07, 6.45) is 5.67. The third kappa shape index (κ3) is 6.39. The zero-order valence-electron chi connectivity index (χ0n) is 29.4. The molecule has 252 valence electrons. The summed E-state index contributed by atoms with van der Waals surface area (Å²) in [5.41, 5.74) is 7.80. The maximum Gasteiger partial charge on any atom is 2.00 e.